The first-order chi connectivity index (χ1) is 29.0. The van der Waals surface area contributed by atoms with E-state index in [4.69, 9.17) is 14.2 Å². The normalized spacial score (nSPS) is 12.4. The maximum atomic E-state index is 12.7. The van der Waals surface area contributed by atoms with Gasteiger partial charge in [0.2, 0.25) is 0 Å². The molecule has 59 heavy (non-hydrogen) atoms. The second-order valence-electron chi connectivity index (χ2n) is 16.7. The topological polar surface area (TPSA) is 78.9 Å². The van der Waals surface area contributed by atoms with Crippen LogP contribution in [0.15, 0.2) is 48.6 Å². The maximum absolute atomic E-state index is 12.7. The predicted molar refractivity (Wildman–Crippen MR) is 252 cm³/mol. The Bertz CT molecular complexity index is 1040. The summed E-state index contributed by atoms with van der Waals surface area (Å²) < 4.78 is 16.6. The van der Waals surface area contributed by atoms with E-state index in [1.54, 1.807) is 0 Å². The van der Waals surface area contributed by atoms with E-state index in [1.165, 1.54) is 116 Å². The molecule has 0 saturated heterocycles. The smallest absolute Gasteiger partial charge is 0.306 e. The second-order valence-corrected chi connectivity index (χ2v) is 16.7. The lowest BCUT2D eigenvalue weighted by atomic mass is 10.1. The highest BCUT2D eigenvalue weighted by atomic mass is 16.6. The van der Waals surface area contributed by atoms with Crippen LogP contribution >= 0.6 is 0 Å². The first-order valence-electron chi connectivity index (χ1n) is 25.1. The van der Waals surface area contributed by atoms with Crippen molar-refractivity contribution in [3.05, 3.63) is 48.6 Å². The Kier molecular flexibility index (Phi) is 45.9. The summed E-state index contributed by atoms with van der Waals surface area (Å²) in [7, 11) is 0. The monoisotopic (exact) mass is 827 g/mol. The van der Waals surface area contributed by atoms with Gasteiger partial charge in [-0.05, 0) is 83.5 Å². The lowest BCUT2D eigenvalue weighted by molar-refractivity contribution is -0.167. The Morgan fingerprint density at radius 1 is 0.339 bits per heavy atom. The third-order valence-corrected chi connectivity index (χ3v) is 10.8. The first kappa shape index (κ1) is 56.4. The van der Waals surface area contributed by atoms with Crippen LogP contribution in [0.3, 0.4) is 0 Å². The molecule has 0 aliphatic heterocycles. The molecule has 0 spiro atoms. The number of hydrogen-bond acceptors (Lipinski definition) is 6. The summed E-state index contributed by atoms with van der Waals surface area (Å²) in [5, 5.41) is 0. The van der Waals surface area contributed by atoms with Gasteiger partial charge in [0, 0.05) is 19.3 Å². The van der Waals surface area contributed by atoms with Crippen LogP contribution in [-0.2, 0) is 28.6 Å². The number of carbonyl (C=O) groups is 3. The zero-order valence-electron chi connectivity index (χ0n) is 39.0. The average molecular weight is 827 g/mol. The molecule has 0 aromatic rings. The number of carbonyl (C=O) groups excluding carboxylic acids is 3. The van der Waals surface area contributed by atoms with E-state index in [0.717, 1.165) is 96.3 Å². The van der Waals surface area contributed by atoms with Crippen LogP contribution in [0.1, 0.15) is 252 Å². The summed E-state index contributed by atoms with van der Waals surface area (Å²) in [5.41, 5.74) is 0. The second kappa shape index (κ2) is 48.0. The molecule has 0 N–H and O–H groups in total. The Morgan fingerprint density at radius 2 is 0.610 bits per heavy atom. The van der Waals surface area contributed by atoms with Gasteiger partial charge in [-0.2, -0.15) is 0 Å². The van der Waals surface area contributed by atoms with E-state index in [1.807, 2.05) is 0 Å². The van der Waals surface area contributed by atoms with Gasteiger partial charge in [-0.15, -0.1) is 0 Å². The first-order valence-corrected chi connectivity index (χ1v) is 25.1. The zero-order chi connectivity index (χ0) is 43.0. The van der Waals surface area contributed by atoms with Crippen molar-refractivity contribution in [3.63, 3.8) is 0 Å². The molecule has 0 rings (SSSR count). The molecule has 0 aromatic heterocycles. The fourth-order valence-corrected chi connectivity index (χ4v) is 6.97. The minimum atomic E-state index is -0.777. The molecule has 1 atom stereocenters. The van der Waals surface area contributed by atoms with Gasteiger partial charge in [0.05, 0.1) is 0 Å². The molecule has 0 aliphatic carbocycles. The van der Waals surface area contributed by atoms with E-state index >= 15 is 0 Å². The minimum absolute atomic E-state index is 0.0813. The molecule has 0 aliphatic rings. The van der Waals surface area contributed by atoms with Crippen LogP contribution in [0.25, 0.3) is 0 Å². The summed E-state index contributed by atoms with van der Waals surface area (Å²) >= 11 is 0. The van der Waals surface area contributed by atoms with Crippen LogP contribution in [0.2, 0.25) is 0 Å². The molecule has 0 aromatic carbocycles. The highest BCUT2D eigenvalue weighted by Crippen LogP contribution is 2.14. The van der Waals surface area contributed by atoms with Crippen LogP contribution < -0.4 is 0 Å². The summed E-state index contributed by atoms with van der Waals surface area (Å²) in [5.74, 6) is -0.913. The maximum Gasteiger partial charge on any atom is 0.306 e. The van der Waals surface area contributed by atoms with Gasteiger partial charge in [0.1, 0.15) is 13.2 Å². The number of unbranched alkanes of at least 4 members (excludes halogenated alkanes) is 26. The number of rotatable bonds is 45. The highest BCUT2D eigenvalue weighted by Gasteiger charge is 2.19. The molecular formula is C53H94O6. The van der Waals surface area contributed by atoms with E-state index in [0.29, 0.717) is 19.3 Å². The molecule has 6 nitrogen and oxygen atoms in total. The molecule has 1 unspecified atom stereocenters. The molecule has 6 heteroatoms. The van der Waals surface area contributed by atoms with Crippen LogP contribution in [0.5, 0.6) is 0 Å². The highest BCUT2D eigenvalue weighted by molar-refractivity contribution is 5.71. The van der Waals surface area contributed by atoms with Gasteiger partial charge in [0.15, 0.2) is 6.10 Å². The average Bonchev–Trinajstić information content (AvgIpc) is 3.23. The van der Waals surface area contributed by atoms with Crippen molar-refractivity contribution < 1.29 is 28.6 Å². The Morgan fingerprint density at radius 3 is 0.966 bits per heavy atom. The summed E-state index contributed by atoms with van der Waals surface area (Å²) in [4.78, 5) is 37.6. The number of ether oxygens (including phenoxy) is 3. The standard InChI is InChI=1S/C53H94O6/c1-4-7-10-13-15-17-19-21-23-24-25-26-27-28-30-31-33-35-37-40-43-46-52(55)58-49-50(48-57-51(54)45-42-39-12-9-6-3)59-53(56)47-44-41-38-36-34-32-29-22-20-18-16-14-11-8-5-2/h19,21-22,24-25,27-29,50H,4-18,20,23,26,30-49H2,1-3H3/b21-19-,25-24-,28-27-,29-22-. The van der Waals surface area contributed by atoms with Crippen molar-refractivity contribution in [2.24, 2.45) is 0 Å². The Balaban J connectivity index is 4.20. The van der Waals surface area contributed by atoms with Crippen molar-refractivity contribution >= 4 is 17.9 Å². The van der Waals surface area contributed by atoms with E-state index in [2.05, 4.69) is 69.4 Å². The lowest BCUT2D eigenvalue weighted by Crippen LogP contribution is -2.30. The van der Waals surface area contributed by atoms with Gasteiger partial charge in [-0.25, -0.2) is 0 Å². The fraction of sp³-hybridized carbons (Fsp3) is 0.792. The molecule has 0 radical (unpaired) electrons. The number of esters is 3. The fourth-order valence-electron chi connectivity index (χ4n) is 6.97. The summed E-state index contributed by atoms with van der Waals surface area (Å²) in [6.45, 7) is 6.52. The molecule has 0 saturated carbocycles. The SMILES string of the molecule is CCCCCCC/C=C\C/C=C\C/C=C\CCCCCCCCC(=O)OCC(COC(=O)CCCCCCC)OC(=O)CCCCCCC/C=C\CCCCCCCC. The van der Waals surface area contributed by atoms with Crippen LogP contribution in [0, 0.1) is 0 Å². The minimum Gasteiger partial charge on any atom is -0.462 e. The third kappa shape index (κ3) is 46.3. The predicted octanol–water partition coefficient (Wildman–Crippen LogP) is 16.3. The van der Waals surface area contributed by atoms with E-state index < -0.39 is 6.10 Å². The van der Waals surface area contributed by atoms with Gasteiger partial charge >= 0.3 is 17.9 Å². The molecule has 0 fully saturated rings. The molecule has 342 valence electrons. The largest absolute Gasteiger partial charge is 0.462 e. The molecule has 0 bridgehead atoms. The van der Waals surface area contributed by atoms with Crippen molar-refractivity contribution in [1.82, 2.24) is 0 Å². The summed E-state index contributed by atoms with van der Waals surface area (Å²) in [6, 6.07) is 0. The molecule has 0 heterocycles. The number of allylic oxidation sites excluding steroid dienone is 8. The lowest BCUT2D eigenvalue weighted by Gasteiger charge is -2.18. The van der Waals surface area contributed by atoms with Crippen LogP contribution in [-0.4, -0.2) is 37.2 Å². The van der Waals surface area contributed by atoms with Crippen molar-refractivity contribution in [3.8, 4) is 0 Å². The quantitative estimate of drug-likeness (QED) is 0.0263. The summed E-state index contributed by atoms with van der Waals surface area (Å²) in [6.07, 6.45) is 57.0. The molecule has 0 amide bonds. The van der Waals surface area contributed by atoms with Gasteiger partial charge in [0.25, 0.3) is 0 Å². The van der Waals surface area contributed by atoms with Crippen molar-refractivity contribution in [2.45, 2.75) is 258 Å². The zero-order valence-corrected chi connectivity index (χ0v) is 39.0. The van der Waals surface area contributed by atoms with Crippen molar-refractivity contribution in [1.29, 1.82) is 0 Å². The third-order valence-electron chi connectivity index (χ3n) is 10.8. The van der Waals surface area contributed by atoms with E-state index in [9.17, 15) is 14.4 Å². The van der Waals surface area contributed by atoms with Crippen LogP contribution in [0.4, 0.5) is 0 Å². The molecular weight excluding hydrogens is 733 g/mol. The van der Waals surface area contributed by atoms with Crippen molar-refractivity contribution in [2.75, 3.05) is 13.2 Å². The van der Waals surface area contributed by atoms with E-state index in [-0.39, 0.29) is 31.1 Å². The van der Waals surface area contributed by atoms with Gasteiger partial charge in [-0.3, -0.25) is 14.4 Å². The Hall–Kier alpha value is -2.63. The van der Waals surface area contributed by atoms with Gasteiger partial charge in [-0.1, -0.05) is 198 Å². The van der Waals surface area contributed by atoms with Gasteiger partial charge < -0.3 is 14.2 Å². The Labute approximate surface area is 365 Å². The number of hydrogen-bond donors (Lipinski definition) is 0.